The van der Waals surface area contributed by atoms with Gasteiger partial charge in [0, 0.05) is 33.3 Å². The molecule has 0 amide bonds. The molecule has 2 heterocycles. The summed E-state index contributed by atoms with van der Waals surface area (Å²) in [7, 11) is -3.78. The van der Waals surface area contributed by atoms with Gasteiger partial charge in [0.25, 0.3) is 5.69 Å². The topological polar surface area (TPSA) is 110 Å². The molecule has 2 N–H and O–H groups in total. The highest BCUT2D eigenvalue weighted by Crippen LogP contribution is 2.31. The quantitative estimate of drug-likeness (QED) is 0.459. The molecular weight excluding hydrogens is 396 g/mol. The van der Waals surface area contributed by atoms with Crippen molar-refractivity contribution in [3.63, 3.8) is 0 Å². The van der Waals surface area contributed by atoms with E-state index in [0.717, 1.165) is 26.8 Å². The Balaban J connectivity index is 1.67. The van der Waals surface area contributed by atoms with Gasteiger partial charge < -0.3 is 5.11 Å². The highest BCUT2D eigenvalue weighted by atomic mass is 32.2. The molecule has 0 aliphatic carbocycles. The van der Waals surface area contributed by atoms with E-state index >= 15 is 0 Å². The average molecular weight is 410 g/mol. The largest absolute Gasteiger partial charge is 0.382 e. The number of nitrogens with one attached hydrogen (secondary N) is 1. The third-order valence-corrected chi connectivity index (χ3v) is 7.04. The number of nitro groups is 1. The van der Waals surface area contributed by atoms with Gasteiger partial charge >= 0.3 is 0 Å². The summed E-state index contributed by atoms with van der Waals surface area (Å²) in [6, 6.07) is 11.9. The summed E-state index contributed by atoms with van der Waals surface area (Å²) in [5.74, 6) is 0. The second-order valence-electron chi connectivity index (χ2n) is 5.30. The smallest absolute Gasteiger partial charge is 0.269 e. The van der Waals surface area contributed by atoms with Crippen molar-refractivity contribution in [1.82, 2.24) is 4.72 Å². The minimum absolute atomic E-state index is 0.0431. The van der Waals surface area contributed by atoms with E-state index in [9.17, 15) is 23.6 Å². The molecular formula is C16H14N2O5S3. The maximum atomic E-state index is 12.3. The van der Waals surface area contributed by atoms with Gasteiger partial charge in [0.05, 0.1) is 9.82 Å². The summed E-state index contributed by atoms with van der Waals surface area (Å²) in [4.78, 5) is 12.3. The SMILES string of the molecule is O=[N+]([O-])c1ccc(S(=O)(=O)NCc2ccc(C(O)c3cccs3)s2)cc1. The number of thiophene rings is 2. The van der Waals surface area contributed by atoms with Crippen molar-refractivity contribution in [2.24, 2.45) is 0 Å². The van der Waals surface area contributed by atoms with E-state index in [0.29, 0.717) is 0 Å². The maximum absolute atomic E-state index is 12.3. The molecule has 10 heteroatoms. The molecule has 0 bridgehead atoms. The molecule has 0 aliphatic heterocycles. The third-order valence-electron chi connectivity index (χ3n) is 3.56. The summed E-state index contributed by atoms with van der Waals surface area (Å²) < 4.78 is 27.0. The van der Waals surface area contributed by atoms with Gasteiger partial charge in [-0.3, -0.25) is 10.1 Å². The lowest BCUT2D eigenvalue weighted by Gasteiger charge is -2.06. The van der Waals surface area contributed by atoms with Crippen molar-refractivity contribution in [2.45, 2.75) is 17.5 Å². The highest BCUT2D eigenvalue weighted by Gasteiger charge is 2.17. The predicted molar refractivity (Wildman–Crippen MR) is 99.8 cm³/mol. The second-order valence-corrected chi connectivity index (χ2v) is 9.24. The summed E-state index contributed by atoms with van der Waals surface area (Å²) in [5, 5.41) is 22.8. The average Bonchev–Trinajstić information content (AvgIpc) is 3.31. The molecule has 1 unspecified atom stereocenters. The summed E-state index contributed by atoms with van der Waals surface area (Å²) >= 11 is 2.77. The lowest BCUT2D eigenvalue weighted by molar-refractivity contribution is -0.384. The number of hydrogen-bond donors (Lipinski definition) is 2. The fourth-order valence-electron chi connectivity index (χ4n) is 2.22. The van der Waals surface area contributed by atoms with Crippen molar-refractivity contribution in [1.29, 1.82) is 0 Å². The van der Waals surface area contributed by atoms with Gasteiger partial charge in [0.1, 0.15) is 6.10 Å². The molecule has 0 radical (unpaired) electrons. The molecule has 0 fully saturated rings. The number of nitrogens with zero attached hydrogens (tertiary/aromatic N) is 1. The Morgan fingerprint density at radius 1 is 1.12 bits per heavy atom. The first-order valence-corrected chi connectivity index (χ1v) is 10.6. The lowest BCUT2D eigenvalue weighted by atomic mass is 10.2. The van der Waals surface area contributed by atoms with Crippen LogP contribution in [0.4, 0.5) is 5.69 Å². The van der Waals surface area contributed by atoms with Crippen LogP contribution in [0.15, 0.2) is 58.8 Å². The van der Waals surface area contributed by atoms with Crippen LogP contribution in [0.5, 0.6) is 0 Å². The van der Waals surface area contributed by atoms with Gasteiger partial charge in [-0.2, -0.15) is 0 Å². The Kier molecular flexibility index (Phi) is 5.49. The van der Waals surface area contributed by atoms with Crippen LogP contribution in [0, 0.1) is 10.1 Å². The molecule has 1 aromatic carbocycles. The van der Waals surface area contributed by atoms with Gasteiger partial charge in [0.15, 0.2) is 0 Å². The number of non-ortho nitro benzene ring substituents is 1. The molecule has 2 aromatic heterocycles. The number of benzene rings is 1. The van der Waals surface area contributed by atoms with E-state index in [1.807, 2.05) is 17.5 Å². The van der Waals surface area contributed by atoms with Crippen LogP contribution in [0.25, 0.3) is 0 Å². The van der Waals surface area contributed by atoms with Crippen LogP contribution in [-0.2, 0) is 16.6 Å². The van der Waals surface area contributed by atoms with Gasteiger partial charge in [0.2, 0.25) is 10.0 Å². The predicted octanol–water partition coefficient (Wildman–Crippen LogP) is 3.28. The molecule has 3 aromatic rings. The van der Waals surface area contributed by atoms with Crippen LogP contribution >= 0.6 is 22.7 Å². The normalized spacial score (nSPS) is 12.8. The molecule has 0 saturated heterocycles. The fourth-order valence-corrected chi connectivity index (χ4v) is 5.08. The molecule has 0 spiro atoms. The highest BCUT2D eigenvalue weighted by molar-refractivity contribution is 7.89. The molecule has 3 rings (SSSR count). The van der Waals surface area contributed by atoms with Crippen molar-refractivity contribution >= 4 is 38.4 Å². The summed E-state index contributed by atoms with van der Waals surface area (Å²) in [5.41, 5.74) is -0.172. The van der Waals surface area contributed by atoms with Gasteiger partial charge in [-0.25, -0.2) is 13.1 Å². The zero-order chi connectivity index (χ0) is 18.7. The molecule has 136 valence electrons. The Bertz CT molecular complexity index is 995. The minimum atomic E-state index is -3.78. The number of aliphatic hydroxyl groups is 1. The second kappa shape index (κ2) is 7.64. The van der Waals surface area contributed by atoms with Crippen LogP contribution in [0.2, 0.25) is 0 Å². The first-order valence-electron chi connectivity index (χ1n) is 7.41. The van der Waals surface area contributed by atoms with Gasteiger partial charge in [-0.15, -0.1) is 22.7 Å². The van der Waals surface area contributed by atoms with Gasteiger partial charge in [-0.05, 0) is 35.7 Å². The molecule has 0 saturated carbocycles. The Morgan fingerprint density at radius 3 is 2.46 bits per heavy atom. The van der Waals surface area contributed by atoms with Crippen LogP contribution < -0.4 is 4.72 Å². The number of hydrogen-bond acceptors (Lipinski definition) is 7. The van der Waals surface area contributed by atoms with Crippen LogP contribution in [0.3, 0.4) is 0 Å². The van der Waals surface area contributed by atoms with Crippen molar-refractivity contribution < 1.29 is 18.4 Å². The first-order chi connectivity index (χ1) is 12.4. The van der Waals surface area contributed by atoms with Crippen molar-refractivity contribution in [3.05, 3.63) is 78.7 Å². The molecule has 7 nitrogen and oxygen atoms in total. The third kappa shape index (κ3) is 4.17. The summed E-state index contributed by atoms with van der Waals surface area (Å²) in [6.45, 7) is 0.0706. The minimum Gasteiger partial charge on any atom is -0.382 e. The standard InChI is InChI=1S/C16H14N2O5S3/c19-16(14-2-1-9-24-14)15-8-5-12(25-15)10-17-26(22,23)13-6-3-11(4-7-13)18(20)21/h1-9,16-17,19H,10H2. The molecule has 0 aliphatic rings. The van der Waals surface area contributed by atoms with E-state index in [-0.39, 0.29) is 17.1 Å². The van der Waals surface area contributed by atoms with E-state index < -0.39 is 21.1 Å². The first kappa shape index (κ1) is 18.7. The van der Waals surface area contributed by atoms with Gasteiger partial charge in [-0.1, -0.05) is 6.07 Å². The maximum Gasteiger partial charge on any atom is 0.269 e. The summed E-state index contributed by atoms with van der Waals surface area (Å²) in [6.07, 6.45) is -0.722. The number of aliphatic hydroxyl groups excluding tert-OH is 1. The molecule has 1 atom stereocenters. The van der Waals surface area contributed by atoms with E-state index in [4.69, 9.17) is 0 Å². The van der Waals surface area contributed by atoms with E-state index in [2.05, 4.69) is 4.72 Å². The van der Waals surface area contributed by atoms with Crippen molar-refractivity contribution in [3.8, 4) is 0 Å². The van der Waals surface area contributed by atoms with Crippen LogP contribution in [0.1, 0.15) is 20.7 Å². The molecule has 26 heavy (non-hydrogen) atoms. The Labute approximate surface area is 157 Å². The number of nitro benzene ring substituents is 1. The van der Waals surface area contributed by atoms with E-state index in [1.165, 1.54) is 34.8 Å². The van der Waals surface area contributed by atoms with E-state index in [1.54, 1.807) is 12.1 Å². The van der Waals surface area contributed by atoms with Crippen molar-refractivity contribution in [2.75, 3.05) is 0 Å². The lowest BCUT2D eigenvalue weighted by Crippen LogP contribution is -2.22. The monoisotopic (exact) mass is 410 g/mol. The fraction of sp³-hybridized carbons (Fsp3) is 0.125. The number of rotatable bonds is 7. The zero-order valence-corrected chi connectivity index (χ0v) is 15.7. The zero-order valence-electron chi connectivity index (χ0n) is 13.2. The Hall–Kier alpha value is -2.11. The number of sulfonamides is 1. The van der Waals surface area contributed by atoms with Crippen LogP contribution in [-0.4, -0.2) is 18.4 Å². The Morgan fingerprint density at radius 2 is 1.85 bits per heavy atom.